The van der Waals surface area contributed by atoms with Crippen LogP contribution in [0.1, 0.15) is 27.7 Å². The van der Waals surface area contributed by atoms with Gasteiger partial charge in [-0.2, -0.15) is 0 Å². The quantitative estimate of drug-likeness (QED) is 0.453. The molecule has 1 saturated heterocycles. The molecule has 0 saturated carbocycles. The van der Waals surface area contributed by atoms with Gasteiger partial charge >= 0.3 is 0 Å². The summed E-state index contributed by atoms with van der Waals surface area (Å²) in [6.45, 7) is 13.8. The van der Waals surface area contributed by atoms with Gasteiger partial charge in [-0.1, -0.05) is 0 Å². The number of morpholine rings is 1. The number of halogens is 1. The molecule has 0 aliphatic carbocycles. The maximum atomic E-state index is 5.73. The summed E-state index contributed by atoms with van der Waals surface area (Å²) in [5.74, 6) is 0. The molecule has 0 aromatic heterocycles. The second kappa shape index (κ2) is 5.51. The average molecular weight is 299 g/mol. The number of rotatable bonds is 2. The van der Waals surface area contributed by atoms with Gasteiger partial charge in [0.15, 0.2) is 0 Å². The molecule has 1 rings (SSSR count). The fraction of sp³-hybridized carbons (Fsp3) is 1.00. The molecule has 0 spiro atoms. The van der Waals surface area contributed by atoms with Crippen molar-refractivity contribution in [3.05, 3.63) is 0 Å². The van der Waals surface area contributed by atoms with E-state index in [2.05, 4.69) is 27.7 Å². The van der Waals surface area contributed by atoms with Crippen LogP contribution in [0.15, 0.2) is 0 Å². The molecule has 2 unspecified atom stereocenters. The highest BCUT2D eigenvalue weighted by Crippen LogP contribution is 2.18. The van der Waals surface area contributed by atoms with Crippen molar-refractivity contribution in [2.75, 3.05) is 26.2 Å². The second-order valence-electron chi connectivity index (χ2n) is 4.10. The van der Waals surface area contributed by atoms with Crippen LogP contribution in [0.4, 0.5) is 0 Å². The molecule has 0 aromatic carbocycles. The molecule has 80 valence electrons. The average Bonchev–Trinajstić information content (AvgIpc) is 2.02. The number of ether oxygens (including phenoxy) is 1. The van der Waals surface area contributed by atoms with Crippen LogP contribution < -0.4 is 24.0 Å². The Bertz CT molecular complexity index is 136. The summed E-state index contributed by atoms with van der Waals surface area (Å²) in [4.78, 5) is 0. The zero-order valence-corrected chi connectivity index (χ0v) is 11.4. The highest BCUT2D eigenvalue weighted by Gasteiger charge is 2.34. The minimum Gasteiger partial charge on any atom is -1.00 e. The van der Waals surface area contributed by atoms with Crippen LogP contribution in [-0.2, 0) is 4.74 Å². The standard InChI is InChI=1S/C10H22NO.HI/c1-5-11(6-2)7-9(3)12-10(4)8-11;/h9-10H,5-8H2,1-4H3;1H/q+1;/p-1. The molecule has 13 heavy (non-hydrogen) atoms. The van der Waals surface area contributed by atoms with Crippen LogP contribution in [0.25, 0.3) is 0 Å². The maximum absolute atomic E-state index is 5.73. The zero-order chi connectivity index (χ0) is 9.19. The lowest BCUT2D eigenvalue weighted by Crippen LogP contribution is -3.00. The summed E-state index contributed by atoms with van der Waals surface area (Å²) in [5.41, 5.74) is 0. The van der Waals surface area contributed by atoms with E-state index in [0.29, 0.717) is 12.2 Å². The number of nitrogens with zero attached hydrogens (tertiary/aromatic N) is 1. The van der Waals surface area contributed by atoms with E-state index in [1.54, 1.807) is 0 Å². The van der Waals surface area contributed by atoms with Crippen LogP contribution in [-0.4, -0.2) is 42.9 Å². The Labute approximate surface area is 99.2 Å². The van der Waals surface area contributed by atoms with Crippen molar-refractivity contribution >= 4 is 0 Å². The Morgan fingerprint density at radius 2 is 1.46 bits per heavy atom. The first kappa shape index (κ1) is 13.7. The van der Waals surface area contributed by atoms with Gasteiger partial charge < -0.3 is 33.2 Å². The Hall–Kier alpha value is 0.650. The lowest BCUT2D eigenvalue weighted by atomic mass is 10.1. The van der Waals surface area contributed by atoms with Gasteiger partial charge in [-0.25, -0.2) is 0 Å². The minimum atomic E-state index is 0. The van der Waals surface area contributed by atoms with Crippen molar-refractivity contribution in [1.82, 2.24) is 0 Å². The Balaban J connectivity index is 0.00000144. The van der Waals surface area contributed by atoms with Crippen molar-refractivity contribution in [3.63, 3.8) is 0 Å². The summed E-state index contributed by atoms with van der Waals surface area (Å²) in [5, 5.41) is 0. The first-order chi connectivity index (χ1) is 5.62. The summed E-state index contributed by atoms with van der Waals surface area (Å²) < 4.78 is 6.97. The Kier molecular flexibility index (Phi) is 5.79. The van der Waals surface area contributed by atoms with Gasteiger partial charge in [-0.05, 0) is 27.7 Å². The largest absolute Gasteiger partial charge is 1.00 e. The molecule has 0 aromatic rings. The molecular weight excluding hydrogens is 277 g/mol. The van der Waals surface area contributed by atoms with Crippen LogP contribution >= 0.6 is 0 Å². The van der Waals surface area contributed by atoms with Gasteiger partial charge in [-0.3, -0.25) is 0 Å². The SMILES string of the molecule is CC[N+]1(CC)CC(C)OC(C)C1.[I-]. The fourth-order valence-corrected chi connectivity index (χ4v) is 2.39. The Morgan fingerprint density at radius 1 is 1.08 bits per heavy atom. The number of hydrogen-bond donors (Lipinski definition) is 0. The van der Waals surface area contributed by atoms with Crippen molar-refractivity contribution in [1.29, 1.82) is 0 Å². The van der Waals surface area contributed by atoms with Crippen LogP contribution in [0.3, 0.4) is 0 Å². The molecule has 1 aliphatic rings. The second-order valence-corrected chi connectivity index (χ2v) is 4.10. The van der Waals surface area contributed by atoms with E-state index in [-0.39, 0.29) is 24.0 Å². The fourth-order valence-electron chi connectivity index (χ4n) is 2.39. The van der Waals surface area contributed by atoms with E-state index >= 15 is 0 Å². The zero-order valence-electron chi connectivity index (χ0n) is 9.22. The number of quaternary nitrogens is 1. The third-order valence-corrected chi connectivity index (χ3v) is 3.10. The summed E-state index contributed by atoms with van der Waals surface area (Å²) >= 11 is 0. The first-order valence-corrected chi connectivity index (χ1v) is 5.12. The molecule has 0 bridgehead atoms. The third-order valence-electron chi connectivity index (χ3n) is 3.10. The monoisotopic (exact) mass is 299 g/mol. The van der Waals surface area contributed by atoms with E-state index in [9.17, 15) is 0 Å². The van der Waals surface area contributed by atoms with Gasteiger partial charge in [-0.15, -0.1) is 0 Å². The van der Waals surface area contributed by atoms with Crippen LogP contribution in [0, 0.1) is 0 Å². The molecule has 0 amide bonds. The summed E-state index contributed by atoms with van der Waals surface area (Å²) in [7, 11) is 0. The molecule has 3 heteroatoms. The first-order valence-electron chi connectivity index (χ1n) is 5.12. The Morgan fingerprint density at radius 3 is 1.77 bits per heavy atom. The normalized spacial score (nSPS) is 32.3. The predicted molar refractivity (Wildman–Crippen MR) is 51.1 cm³/mol. The molecular formula is C10H22INO. The van der Waals surface area contributed by atoms with Crippen molar-refractivity contribution in [3.8, 4) is 0 Å². The van der Waals surface area contributed by atoms with E-state index in [4.69, 9.17) is 4.74 Å². The van der Waals surface area contributed by atoms with Gasteiger partial charge in [0, 0.05) is 0 Å². The highest BCUT2D eigenvalue weighted by molar-refractivity contribution is 4.62. The van der Waals surface area contributed by atoms with Crippen molar-refractivity contribution in [2.45, 2.75) is 39.9 Å². The maximum Gasteiger partial charge on any atom is 0.105 e. The summed E-state index contributed by atoms with van der Waals surface area (Å²) in [6.07, 6.45) is 0.877. The molecule has 2 nitrogen and oxygen atoms in total. The van der Waals surface area contributed by atoms with E-state index in [1.807, 2.05) is 0 Å². The molecule has 1 fully saturated rings. The summed E-state index contributed by atoms with van der Waals surface area (Å²) in [6, 6.07) is 0. The van der Waals surface area contributed by atoms with Gasteiger partial charge in [0.2, 0.25) is 0 Å². The molecule has 0 N–H and O–H groups in total. The lowest BCUT2D eigenvalue weighted by Gasteiger charge is -2.44. The topological polar surface area (TPSA) is 9.23 Å². The lowest BCUT2D eigenvalue weighted by molar-refractivity contribution is -0.938. The number of hydrogen-bond acceptors (Lipinski definition) is 1. The van der Waals surface area contributed by atoms with Gasteiger partial charge in [0.05, 0.1) is 13.1 Å². The van der Waals surface area contributed by atoms with Crippen molar-refractivity contribution in [2.24, 2.45) is 0 Å². The van der Waals surface area contributed by atoms with E-state index in [0.717, 1.165) is 0 Å². The van der Waals surface area contributed by atoms with Gasteiger partial charge in [0.25, 0.3) is 0 Å². The molecule has 0 radical (unpaired) electrons. The molecule has 2 atom stereocenters. The smallest absolute Gasteiger partial charge is 0.105 e. The number of likely N-dealkylation sites (N-methyl/N-ethyl adjacent to an activating group) is 1. The van der Waals surface area contributed by atoms with Crippen LogP contribution in [0.5, 0.6) is 0 Å². The van der Waals surface area contributed by atoms with Crippen molar-refractivity contribution < 1.29 is 33.2 Å². The van der Waals surface area contributed by atoms with E-state index < -0.39 is 0 Å². The van der Waals surface area contributed by atoms with Gasteiger partial charge in [0.1, 0.15) is 25.3 Å². The molecule has 1 aliphatic heterocycles. The van der Waals surface area contributed by atoms with Crippen LogP contribution in [0.2, 0.25) is 0 Å². The highest BCUT2D eigenvalue weighted by atomic mass is 127. The van der Waals surface area contributed by atoms with E-state index in [1.165, 1.54) is 30.7 Å². The third kappa shape index (κ3) is 3.36. The predicted octanol–water partition coefficient (Wildman–Crippen LogP) is -1.35. The molecule has 1 heterocycles. The minimum absolute atomic E-state index is 0.